The number of hydrogen-bond acceptors (Lipinski definition) is 2. The van der Waals surface area contributed by atoms with Gasteiger partial charge in [0.15, 0.2) is 0 Å². The monoisotopic (exact) mass is 363 g/mol. The van der Waals surface area contributed by atoms with E-state index < -0.39 is 0 Å². The first-order valence-electron chi connectivity index (χ1n) is 9.62. The largest absolute Gasteiger partial charge is 1.00 e. The Bertz CT molecular complexity index is 336. The van der Waals surface area contributed by atoms with E-state index in [1.807, 2.05) is 0 Å². The first kappa shape index (κ1) is 26.7. The van der Waals surface area contributed by atoms with Gasteiger partial charge in [0.2, 0.25) is 11.8 Å². The molecule has 0 saturated carbocycles. The van der Waals surface area contributed by atoms with Gasteiger partial charge in [0.25, 0.3) is 0 Å². The molecule has 0 spiro atoms. The summed E-state index contributed by atoms with van der Waals surface area (Å²) in [6.07, 6.45) is 21.4. The van der Waals surface area contributed by atoms with E-state index in [1.165, 1.54) is 77.6 Å². The van der Waals surface area contributed by atoms with Crippen LogP contribution in [0, 0.1) is 0 Å². The Kier molecular flexibility index (Phi) is 24.0. The van der Waals surface area contributed by atoms with Gasteiger partial charge in [0.1, 0.15) is 0 Å². The molecule has 24 heavy (non-hydrogen) atoms. The SMILES string of the molecule is CCCCCCCCC=CCCCCCCCC(=O)NC(C)=O.[H-].[K+]. The number of rotatable bonds is 15. The molecular formula is C20H38KNO2. The molecule has 0 aliphatic heterocycles. The fourth-order valence-corrected chi connectivity index (χ4v) is 2.62. The van der Waals surface area contributed by atoms with E-state index in [0.29, 0.717) is 6.42 Å². The topological polar surface area (TPSA) is 46.2 Å². The third kappa shape index (κ3) is 22.5. The van der Waals surface area contributed by atoms with Crippen LogP contribution >= 0.6 is 0 Å². The Balaban J connectivity index is -0.00000242. The Labute approximate surface area is 193 Å². The van der Waals surface area contributed by atoms with Crippen LogP contribution in [-0.2, 0) is 9.59 Å². The minimum atomic E-state index is -0.261. The van der Waals surface area contributed by atoms with Crippen molar-refractivity contribution in [1.82, 2.24) is 5.32 Å². The molecule has 0 atom stereocenters. The van der Waals surface area contributed by atoms with Crippen LogP contribution in [0.25, 0.3) is 0 Å². The second-order valence-electron chi connectivity index (χ2n) is 6.44. The number of hydrogen-bond donors (Lipinski definition) is 1. The van der Waals surface area contributed by atoms with E-state index in [0.717, 1.165) is 12.8 Å². The fraction of sp³-hybridized carbons (Fsp3) is 0.800. The van der Waals surface area contributed by atoms with Gasteiger partial charge in [-0.2, -0.15) is 0 Å². The summed E-state index contributed by atoms with van der Waals surface area (Å²) in [6, 6.07) is 0. The third-order valence-corrected chi connectivity index (χ3v) is 3.98. The molecule has 0 aromatic carbocycles. The molecule has 0 fully saturated rings. The van der Waals surface area contributed by atoms with E-state index in [9.17, 15) is 9.59 Å². The Morgan fingerprint density at radius 2 is 1.25 bits per heavy atom. The Morgan fingerprint density at radius 1 is 0.792 bits per heavy atom. The maximum atomic E-state index is 11.2. The molecule has 3 nitrogen and oxygen atoms in total. The molecule has 0 bridgehead atoms. The molecule has 0 aliphatic rings. The molecular weight excluding hydrogens is 325 g/mol. The summed E-state index contributed by atoms with van der Waals surface area (Å²) in [5.74, 6) is -0.405. The summed E-state index contributed by atoms with van der Waals surface area (Å²) in [5, 5.41) is 2.31. The van der Waals surface area contributed by atoms with Crippen LogP contribution in [0.5, 0.6) is 0 Å². The van der Waals surface area contributed by atoms with E-state index in [-0.39, 0.29) is 64.6 Å². The summed E-state index contributed by atoms with van der Waals surface area (Å²) in [6.45, 7) is 3.63. The first-order chi connectivity index (χ1) is 11.2. The summed E-state index contributed by atoms with van der Waals surface area (Å²) in [5.41, 5.74) is 0. The maximum Gasteiger partial charge on any atom is 1.00 e. The molecule has 0 saturated heterocycles. The van der Waals surface area contributed by atoms with Crippen molar-refractivity contribution >= 4 is 11.8 Å². The molecule has 0 aromatic rings. The standard InChI is InChI=1S/C20H37NO2.K.H/c1-3-4-5-6-7-8-9-10-11-12-13-14-15-16-17-18-20(23)21-19(2)22;;/h10-11H,3-9,12-18H2,1-2H3,(H,21,22,23);;/q;+1;-1. The van der Waals surface area contributed by atoms with Crippen molar-refractivity contribution in [3.05, 3.63) is 12.2 Å². The van der Waals surface area contributed by atoms with Gasteiger partial charge in [0.05, 0.1) is 0 Å². The zero-order valence-corrected chi connectivity index (χ0v) is 19.5. The van der Waals surface area contributed by atoms with Gasteiger partial charge in [0, 0.05) is 13.3 Å². The van der Waals surface area contributed by atoms with Crippen molar-refractivity contribution in [2.24, 2.45) is 0 Å². The number of imide groups is 1. The quantitative estimate of drug-likeness (QED) is 0.276. The predicted molar refractivity (Wildman–Crippen MR) is 99.4 cm³/mol. The summed E-state index contributed by atoms with van der Waals surface area (Å²) >= 11 is 0. The average molecular weight is 364 g/mol. The normalized spacial score (nSPS) is 10.6. The predicted octanol–water partition coefficient (Wildman–Crippen LogP) is 2.80. The minimum Gasteiger partial charge on any atom is -1.00 e. The van der Waals surface area contributed by atoms with Crippen molar-refractivity contribution < 1.29 is 62.4 Å². The maximum absolute atomic E-state index is 11.2. The number of amides is 2. The molecule has 1 N–H and O–H groups in total. The van der Waals surface area contributed by atoms with Crippen LogP contribution < -0.4 is 56.7 Å². The molecule has 4 heteroatoms. The molecule has 0 unspecified atom stereocenters. The molecule has 0 aromatic heterocycles. The van der Waals surface area contributed by atoms with Crippen molar-refractivity contribution in [3.8, 4) is 0 Å². The van der Waals surface area contributed by atoms with Crippen LogP contribution in [0.1, 0.15) is 105 Å². The van der Waals surface area contributed by atoms with Crippen LogP contribution in [0.4, 0.5) is 0 Å². The van der Waals surface area contributed by atoms with Crippen LogP contribution in [0.2, 0.25) is 0 Å². The molecule has 0 aliphatic carbocycles. The van der Waals surface area contributed by atoms with Gasteiger partial charge in [-0.1, -0.05) is 70.4 Å². The number of nitrogens with one attached hydrogen (secondary N) is 1. The van der Waals surface area contributed by atoms with Gasteiger partial charge >= 0.3 is 51.4 Å². The first-order valence-corrected chi connectivity index (χ1v) is 9.62. The minimum absolute atomic E-state index is 0. The second kappa shape index (κ2) is 21.6. The summed E-state index contributed by atoms with van der Waals surface area (Å²) < 4.78 is 0. The van der Waals surface area contributed by atoms with Gasteiger partial charge in [-0.15, -0.1) is 0 Å². The van der Waals surface area contributed by atoms with E-state index in [1.54, 1.807) is 0 Å². The van der Waals surface area contributed by atoms with E-state index in [2.05, 4.69) is 24.4 Å². The van der Waals surface area contributed by atoms with Crippen molar-refractivity contribution in [2.75, 3.05) is 0 Å². The second-order valence-corrected chi connectivity index (χ2v) is 6.44. The van der Waals surface area contributed by atoms with Gasteiger partial charge in [-0.05, 0) is 32.1 Å². The number of carbonyl (C=O) groups is 2. The molecule has 2 amide bonds. The van der Waals surface area contributed by atoms with Crippen molar-refractivity contribution in [1.29, 1.82) is 0 Å². The molecule has 0 rings (SSSR count). The molecule has 136 valence electrons. The van der Waals surface area contributed by atoms with Crippen LogP contribution in [0.3, 0.4) is 0 Å². The van der Waals surface area contributed by atoms with Gasteiger partial charge in [-0.25, -0.2) is 0 Å². The molecule has 0 radical (unpaired) electrons. The molecule has 0 heterocycles. The van der Waals surface area contributed by atoms with Gasteiger partial charge in [-0.3, -0.25) is 14.9 Å². The van der Waals surface area contributed by atoms with Crippen LogP contribution in [-0.4, -0.2) is 11.8 Å². The number of carbonyl (C=O) groups excluding carboxylic acids is 2. The zero-order chi connectivity index (χ0) is 17.2. The van der Waals surface area contributed by atoms with E-state index >= 15 is 0 Å². The summed E-state index contributed by atoms with van der Waals surface area (Å²) in [7, 11) is 0. The zero-order valence-electron chi connectivity index (χ0n) is 17.4. The Hall–Kier alpha value is 0.516. The Morgan fingerprint density at radius 3 is 1.75 bits per heavy atom. The third-order valence-electron chi connectivity index (χ3n) is 3.98. The smallest absolute Gasteiger partial charge is 1.00 e. The summed E-state index contributed by atoms with van der Waals surface area (Å²) in [4.78, 5) is 21.9. The number of unbranched alkanes of at least 4 members (excludes halogenated alkanes) is 11. The fourth-order valence-electron chi connectivity index (χ4n) is 2.62. The number of allylic oxidation sites excluding steroid dienone is 2. The van der Waals surface area contributed by atoms with Crippen molar-refractivity contribution in [2.45, 2.75) is 104 Å². The van der Waals surface area contributed by atoms with Gasteiger partial charge < -0.3 is 1.43 Å². The van der Waals surface area contributed by atoms with Crippen LogP contribution in [0.15, 0.2) is 12.2 Å². The van der Waals surface area contributed by atoms with Crippen molar-refractivity contribution in [3.63, 3.8) is 0 Å². The average Bonchev–Trinajstić information content (AvgIpc) is 2.50. The van der Waals surface area contributed by atoms with E-state index in [4.69, 9.17) is 0 Å².